The van der Waals surface area contributed by atoms with Gasteiger partial charge in [0.1, 0.15) is 0 Å². The van der Waals surface area contributed by atoms with Gasteiger partial charge in [-0.25, -0.2) is 0 Å². The summed E-state index contributed by atoms with van der Waals surface area (Å²) in [4.78, 5) is 0. The Hall–Kier alpha value is -1.82. The highest BCUT2D eigenvalue weighted by Crippen LogP contribution is 2.33. The second kappa shape index (κ2) is 5.05. The minimum absolute atomic E-state index is 1.13. The third kappa shape index (κ3) is 2.23. The van der Waals surface area contributed by atoms with Crippen LogP contribution in [0.5, 0.6) is 0 Å². The molecule has 0 radical (unpaired) electrons. The molecule has 0 fully saturated rings. The van der Waals surface area contributed by atoms with Crippen molar-refractivity contribution < 1.29 is 0 Å². The zero-order valence-electron chi connectivity index (χ0n) is 12.6. The molecule has 2 aromatic carbocycles. The minimum Gasteiger partial charge on any atom is -0.0905 e. The zero-order chi connectivity index (χ0) is 14.2. The van der Waals surface area contributed by atoms with Crippen LogP contribution in [0.25, 0.3) is 5.57 Å². The van der Waals surface area contributed by atoms with Gasteiger partial charge in [0.2, 0.25) is 0 Å². The third-order valence-corrected chi connectivity index (χ3v) is 4.42. The average molecular weight is 250 g/mol. The molecule has 0 spiro atoms. The average Bonchev–Trinajstić information content (AvgIpc) is 2.44. The van der Waals surface area contributed by atoms with Crippen molar-refractivity contribution in [3.8, 4) is 0 Å². The molecule has 0 saturated heterocycles. The number of rotatable bonds is 2. The Bertz CT molecular complexity index is 602. The van der Waals surface area contributed by atoms with Crippen LogP contribution in [-0.4, -0.2) is 0 Å². The first-order valence-corrected chi connectivity index (χ1v) is 6.76. The molecule has 0 unspecified atom stereocenters. The lowest BCUT2D eigenvalue weighted by Gasteiger charge is -2.20. The molecule has 0 nitrogen and oxygen atoms in total. The lowest BCUT2D eigenvalue weighted by atomic mass is 9.84. The summed E-state index contributed by atoms with van der Waals surface area (Å²) in [5.41, 5.74) is 10.5. The summed E-state index contributed by atoms with van der Waals surface area (Å²) in [5, 5.41) is 0. The molecule has 0 saturated carbocycles. The van der Waals surface area contributed by atoms with E-state index in [0.29, 0.717) is 0 Å². The van der Waals surface area contributed by atoms with Gasteiger partial charge in [-0.2, -0.15) is 0 Å². The first kappa shape index (κ1) is 13.6. The molecule has 0 N–H and O–H groups in total. The quantitative estimate of drug-likeness (QED) is 0.679. The van der Waals surface area contributed by atoms with Crippen LogP contribution in [0.3, 0.4) is 0 Å². The second-order valence-corrected chi connectivity index (χ2v) is 5.34. The highest BCUT2D eigenvalue weighted by molar-refractivity contribution is 5.82. The van der Waals surface area contributed by atoms with E-state index in [0.717, 1.165) is 5.57 Å². The molecule has 0 aliphatic carbocycles. The van der Waals surface area contributed by atoms with E-state index in [-0.39, 0.29) is 0 Å². The van der Waals surface area contributed by atoms with Crippen LogP contribution >= 0.6 is 0 Å². The molecule has 0 heteroatoms. The van der Waals surface area contributed by atoms with E-state index < -0.39 is 0 Å². The van der Waals surface area contributed by atoms with E-state index in [4.69, 9.17) is 0 Å². The second-order valence-electron chi connectivity index (χ2n) is 5.34. The summed E-state index contributed by atoms with van der Waals surface area (Å²) in [6.07, 6.45) is 0. The van der Waals surface area contributed by atoms with Gasteiger partial charge >= 0.3 is 0 Å². The molecular weight excluding hydrogens is 228 g/mol. The maximum absolute atomic E-state index is 4.33. The molecule has 0 heterocycles. The molecule has 2 rings (SSSR count). The van der Waals surface area contributed by atoms with Gasteiger partial charge in [-0.15, -0.1) is 0 Å². The van der Waals surface area contributed by atoms with Crippen molar-refractivity contribution in [2.75, 3.05) is 0 Å². The molecule has 19 heavy (non-hydrogen) atoms. The molecule has 2 aromatic rings. The first-order valence-electron chi connectivity index (χ1n) is 6.76. The summed E-state index contributed by atoms with van der Waals surface area (Å²) in [5.74, 6) is 0. The van der Waals surface area contributed by atoms with Gasteiger partial charge in [0, 0.05) is 0 Å². The fourth-order valence-electron chi connectivity index (χ4n) is 2.74. The monoisotopic (exact) mass is 250 g/mol. The van der Waals surface area contributed by atoms with Gasteiger partial charge in [0.25, 0.3) is 0 Å². The van der Waals surface area contributed by atoms with Gasteiger partial charge in [0.15, 0.2) is 0 Å². The third-order valence-electron chi connectivity index (χ3n) is 4.42. The van der Waals surface area contributed by atoms with E-state index in [1.54, 1.807) is 0 Å². The molecule has 98 valence electrons. The van der Waals surface area contributed by atoms with Crippen molar-refractivity contribution in [1.82, 2.24) is 0 Å². The normalized spacial score (nSPS) is 10.6. The smallest absolute Gasteiger partial charge is 0.0120 e. The lowest BCUT2D eigenvalue weighted by Crippen LogP contribution is -2.02. The zero-order valence-corrected chi connectivity index (χ0v) is 12.6. The van der Waals surface area contributed by atoms with Crippen molar-refractivity contribution in [2.45, 2.75) is 34.6 Å². The van der Waals surface area contributed by atoms with Crippen LogP contribution in [0.2, 0.25) is 0 Å². The maximum Gasteiger partial charge on any atom is -0.0120 e. The van der Waals surface area contributed by atoms with Gasteiger partial charge in [-0.1, -0.05) is 36.9 Å². The molecule has 0 atom stereocenters. The number of hydrogen-bond acceptors (Lipinski definition) is 0. The van der Waals surface area contributed by atoms with Crippen LogP contribution < -0.4 is 0 Å². The summed E-state index contributed by atoms with van der Waals surface area (Å²) >= 11 is 0. The Labute approximate surface area is 116 Å². The van der Waals surface area contributed by atoms with E-state index in [9.17, 15) is 0 Å². The van der Waals surface area contributed by atoms with Gasteiger partial charge in [0.05, 0.1) is 0 Å². The predicted molar refractivity (Wildman–Crippen MR) is 84.7 cm³/mol. The highest BCUT2D eigenvalue weighted by Gasteiger charge is 2.15. The van der Waals surface area contributed by atoms with Crippen molar-refractivity contribution in [2.24, 2.45) is 0 Å². The van der Waals surface area contributed by atoms with Crippen LogP contribution in [0.15, 0.2) is 36.9 Å². The van der Waals surface area contributed by atoms with Crippen LogP contribution in [0.1, 0.15) is 38.9 Å². The van der Waals surface area contributed by atoms with Crippen molar-refractivity contribution in [3.05, 3.63) is 75.9 Å². The largest absolute Gasteiger partial charge is 0.0905 e. The van der Waals surface area contributed by atoms with E-state index in [1.165, 1.54) is 38.9 Å². The Morgan fingerprint density at radius 1 is 0.684 bits per heavy atom. The van der Waals surface area contributed by atoms with E-state index >= 15 is 0 Å². The van der Waals surface area contributed by atoms with Crippen LogP contribution in [0.4, 0.5) is 0 Å². The summed E-state index contributed by atoms with van der Waals surface area (Å²) < 4.78 is 0. The molecular formula is C19H22. The van der Waals surface area contributed by atoms with E-state index in [1.807, 2.05) is 6.07 Å². The summed E-state index contributed by atoms with van der Waals surface area (Å²) in [6.45, 7) is 15.4. The fourth-order valence-corrected chi connectivity index (χ4v) is 2.74. The summed E-state index contributed by atoms with van der Waals surface area (Å²) in [7, 11) is 0. The molecule has 0 aliphatic heterocycles. The SMILES string of the molecule is C=C(c1ccccc1)c1c(C)c(C)c(C)c(C)c1C. The number of benzene rings is 2. The minimum atomic E-state index is 1.13. The van der Waals surface area contributed by atoms with Gasteiger partial charge < -0.3 is 0 Å². The Balaban J connectivity index is 2.67. The molecule has 0 amide bonds. The molecule has 0 bridgehead atoms. The van der Waals surface area contributed by atoms with Crippen molar-refractivity contribution >= 4 is 5.57 Å². The lowest BCUT2D eigenvalue weighted by molar-refractivity contribution is 1.16. The van der Waals surface area contributed by atoms with Crippen LogP contribution in [0, 0.1) is 34.6 Å². The summed E-state index contributed by atoms with van der Waals surface area (Å²) in [6, 6.07) is 10.4. The van der Waals surface area contributed by atoms with E-state index in [2.05, 4.69) is 65.5 Å². The number of hydrogen-bond donors (Lipinski definition) is 0. The van der Waals surface area contributed by atoms with Gasteiger partial charge in [-0.3, -0.25) is 0 Å². The fraction of sp³-hybridized carbons (Fsp3) is 0.263. The highest BCUT2D eigenvalue weighted by atomic mass is 14.2. The Kier molecular flexibility index (Phi) is 3.61. The van der Waals surface area contributed by atoms with Gasteiger partial charge in [-0.05, 0) is 79.1 Å². The molecule has 0 aliphatic rings. The Morgan fingerprint density at radius 3 is 1.58 bits per heavy atom. The van der Waals surface area contributed by atoms with Crippen molar-refractivity contribution in [1.29, 1.82) is 0 Å². The predicted octanol–water partition coefficient (Wildman–Crippen LogP) is 5.29. The van der Waals surface area contributed by atoms with Crippen molar-refractivity contribution in [3.63, 3.8) is 0 Å². The van der Waals surface area contributed by atoms with Crippen LogP contribution in [-0.2, 0) is 0 Å². The first-order chi connectivity index (χ1) is 8.95. The topological polar surface area (TPSA) is 0 Å². The maximum atomic E-state index is 4.33. The standard InChI is InChI=1S/C19H22/c1-12-13(2)15(4)19(16(5)14(12)3)17(6)18-10-8-7-9-11-18/h7-11H,6H2,1-5H3. The Morgan fingerprint density at radius 2 is 1.11 bits per heavy atom. The molecule has 0 aromatic heterocycles.